The van der Waals surface area contributed by atoms with Crippen molar-refractivity contribution in [3.63, 3.8) is 0 Å². The first-order chi connectivity index (χ1) is 10.8. The largest absolute Gasteiger partial charge is 0.480 e. The molecular formula is C12H7Cl2F3N2O4. The number of carbonyl (C=O) groups is 1. The van der Waals surface area contributed by atoms with Gasteiger partial charge in [-0.1, -0.05) is 23.2 Å². The minimum Gasteiger partial charge on any atom is -0.480 e. The molecule has 1 aromatic heterocycles. The minimum atomic E-state index is -3.16. The smallest absolute Gasteiger partial charge is 0.388 e. The molecule has 11 heteroatoms. The molecule has 2 rings (SSSR count). The van der Waals surface area contributed by atoms with Crippen LogP contribution in [0.5, 0.6) is 11.6 Å². The Morgan fingerprint density at radius 3 is 2.70 bits per heavy atom. The van der Waals surface area contributed by atoms with E-state index in [1.807, 2.05) is 0 Å². The Kier molecular flexibility index (Phi) is 5.22. The highest BCUT2D eigenvalue weighted by Crippen LogP contribution is 2.38. The van der Waals surface area contributed by atoms with Crippen molar-refractivity contribution in [3.05, 3.63) is 28.0 Å². The van der Waals surface area contributed by atoms with Crippen molar-refractivity contribution in [1.82, 2.24) is 10.2 Å². The molecule has 1 aromatic carbocycles. The number of hydrogen-bond donors (Lipinski definition) is 2. The maximum Gasteiger partial charge on any atom is 0.388 e. The number of rotatable bonds is 6. The summed E-state index contributed by atoms with van der Waals surface area (Å²) >= 11 is 11.6. The van der Waals surface area contributed by atoms with E-state index >= 15 is 0 Å². The van der Waals surface area contributed by atoms with E-state index in [4.69, 9.17) is 33.0 Å². The van der Waals surface area contributed by atoms with Gasteiger partial charge in [-0.3, -0.25) is 5.10 Å². The van der Waals surface area contributed by atoms with Gasteiger partial charge in [0.1, 0.15) is 16.6 Å². The average Bonchev–Trinajstić information content (AvgIpc) is 2.78. The van der Waals surface area contributed by atoms with Gasteiger partial charge in [-0.05, 0) is 12.1 Å². The van der Waals surface area contributed by atoms with E-state index in [0.717, 1.165) is 12.1 Å². The molecule has 0 fully saturated rings. The number of hydrogen-bond acceptors (Lipinski definition) is 4. The van der Waals surface area contributed by atoms with Gasteiger partial charge in [0.15, 0.2) is 6.61 Å². The number of aromatic amines is 1. The Hall–Kier alpha value is -2.13. The molecule has 0 unspecified atom stereocenters. The number of alkyl halides is 2. The number of halogens is 5. The summed E-state index contributed by atoms with van der Waals surface area (Å²) in [7, 11) is 0. The number of nitrogens with zero attached hydrogens (tertiary/aromatic N) is 1. The van der Waals surface area contributed by atoms with Gasteiger partial charge >= 0.3 is 12.6 Å². The van der Waals surface area contributed by atoms with Crippen molar-refractivity contribution < 1.29 is 32.5 Å². The van der Waals surface area contributed by atoms with Gasteiger partial charge < -0.3 is 14.6 Å². The molecule has 0 atom stereocenters. The van der Waals surface area contributed by atoms with Crippen molar-refractivity contribution in [2.24, 2.45) is 0 Å². The molecule has 0 aliphatic carbocycles. The number of ether oxygens (including phenoxy) is 2. The van der Waals surface area contributed by atoms with Crippen LogP contribution in [0.3, 0.4) is 0 Å². The predicted octanol–water partition coefficient (Wildman–Crippen LogP) is 3.59. The van der Waals surface area contributed by atoms with Gasteiger partial charge in [0.05, 0.1) is 10.7 Å². The van der Waals surface area contributed by atoms with Crippen LogP contribution in [-0.4, -0.2) is 34.5 Å². The van der Waals surface area contributed by atoms with Crippen molar-refractivity contribution in [3.8, 4) is 22.9 Å². The second-order valence-electron chi connectivity index (χ2n) is 4.04. The quantitative estimate of drug-likeness (QED) is 0.811. The Labute approximate surface area is 136 Å². The molecule has 0 saturated carbocycles. The van der Waals surface area contributed by atoms with Crippen LogP contribution in [0.2, 0.25) is 10.0 Å². The van der Waals surface area contributed by atoms with Gasteiger partial charge in [0, 0.05) is 5.56 Å². The molecule has 6 nitrogen and oxygen atoms in total. The fourth-order valence-electron chi connectivity index (χ4n) is 1.62. The van der Waals surface area contributed by atoms with E-state index in [9.17, 15) is 18.0 Å². The molecule has 1 heterocycles. The molecule has 0 saturated heterocycles. The highest BCUT2D eigenvalue weighted by molar-refractivity contribution is 6.34. The van der Waals surface area contributed by atoms with Gasteiger partial charge in [0.2, 0.25) is 0 Å². The van der Waals surface area contributed by atoms with Crippen LogP contribution in [0.4, 0.5) is 13.2 Å². The Bertz CT molecular complexity index is 739. The van der Waals surface area contributed by atoms with Crippen LogP contribution >= 0.6 is 23.2 Å². The van der Waals surface area contributed by atoms with Gasteiger partial charge in [0.25, 0.3) is 5.88 Å². The zero-order valence-corrected chi connectivity index (χ0v) is 12.5. The van der Waals surface area contributed by atoms with Gasteiger partial charge in [-0.25, -0.2) is 9.18 Å². The maximum atomic E-state index is 14.0. The van der Waals surface area contributed by atoms with E-state index in [1.165, 1.54) is 0 Å². The molecule has 0 radical (unpaired) electrons. The zero-order chi connectivity index (χ0) is 17.1. The molecule has 124 valence electrons. The molecule has 0 aliphatic rings. The Balaban J connectivity index is 2.41. The molecule has 0 spiro atoms. The molecule has 23 heavy (non-hydrogen) atoms. The van der Waals surface area contributed by atoms with Gasteiger partial charge in [-0.15, -0.1) is 5.10 Å². The summed E-state index contributed by atoms with van der Waals surface area (Å²) < 4.78 is 47.3. The topological polar surface area (TPSA) is 84.4 Å². The van der Waals surface area contributed by atoms with E-state index in [2.05, 4.69) is 14.9 Å². The molecule has 0 aliphatic heterocycles. The highest BCUT2D eigenvalue weighted by Gasteiger charge is 2.21. The van der Waals surface area contributed by atoms with Crippen molar-refractivity contribution in [1.29, 1.82) is 0 Å². The third kappa shape index (κ3) is 3.99. The molecule has 2 N–H and O–H groups in total. The SMILES string of the molecule is O=C(O)COc1cc(-c2[nH]nc(OC(F)F)c2Cl)c(F)cc1Cl. The van der Waals surface area contributed by atoms with Crippen molar-refractivity contribution in [2.75, 3.05) is 6.61 Å². The zero-order valence-electron chi connectivity index (χ0n) is 10.9. The van der Waals surface area contributed by atoms with Gasteiger partial charge in [-0.2, -0.15) is 8.78 Å². The van der Waals surface area contributed by atoms with E-state index in [1.54, 1.807) is 0 Å². The first-order valence-electron chi connectivity index (χ1n) is 5.82. The number of carboxylic acids is 1. The van der Waals surface area contributed by atoms with E-state index in [0.29, 0.717) is 0 Å². The summed E-state index contributed by atoms with van der Waals surface area (Å²) in [4.78, 5) is 10.5. The third-order valence-corrected chi connectivity index (χ3v) is 3.17. The number of carboxylic acid groups (broad SMARTS) is 1. The molecule has 0 amide bonds. The van der Waals surface area contributed by atoms with Crippen LogP contribution < -0.4 is 9.47 Å². The third-order valence-electron chi connectivity index (χ3n) is 2.52. The summed E-state index contributed by atoms with van der Waals surface area (Å²) in [6.07, 6.45) is 0. The average molecular weight is 371 g/mol. The van der Waals surface area contributed by atoms with Crippen LogP contribution in [0.1, 0.15) is 0 Å². The molecular weight excluding hydrogens is 364 g/mol. The fraction of sp³-hybridized carbons (Fsp3) is 0.167. The maximum absolute atomic E-state index is 14.0. The lowest BCUT2D eigenvalue weighted by Crippen LogP contribution is -2.09. The summed E-state index contributed by atoms with van der Waals surface area (Å²) in [6.45, 7) is -3.87. The summed E-state index contributed by atoms with van der Waals surface area (Å²) in [5.41, 5.74) is -0.368. The normalized spacial score (nSPS) is 10.9. The fourth-order valence-corrected chi connectivity index (χ4v) is 2.06. The molecule has 0 bridgehead atoms. The van der Waals surface area contributed by atoms with Crippen LogP contribution in [-0.2, 0) is 4.79 Å². The number of aromatic nitrogens is 2. The predicted molar refractivity (Wildman–Crippen MR) is 73.8 cm³/mol. The molecule has 2 aromatic rings. The van der Waals surface area contributed by atoms with E-state index < -0.39 is 30.9 Å². The van der Waals surface area contributed by atoms with E-state index in [-0.39, 0.29) is 27.1 Å². The van der Waals surface area contributed by atoms with Crippen LogP contribution in [0, 0.1) is 5.82 Å². The number of H-pyrrole nitrogens is 1. The number of aliphatic carboxylic acids is 1. The Morgan fingerprint density at radius 1 is 1.39 bits per heavy atom. The first-order valence-corrected chi connectivity index (χ1v) is 6.58. The lowest BCUT2D eigenvalue weighted by atomic mass is 10.1. The van der Waals surface area contributed by atoms with Crippen molar-refractivity contribution >= 4 is 29.2 Å². The lowest BCUT2D eigenvalue weighted by molar-refractivity contribution is -0.139. The Morgan fingerprint density at radius 2 is 2.09 bits per heavy atom. The van der Waals surface area contributed by atoms with Crippen molar-refractivity contribution in [2.45, 2.75) is 6.61 Å². The highest BCUT2D eigenvalue weighted by atomic mass is 35.5. The lowest BCUT2D eigenvalue weighted by Gasteiger charge is -2.09. The summed E-state index contributed by atoms with van der Waals surface area (Å²) in [5, 5.41) is 13.7. The second-order valence-corrected chi connectivity index (χ2v) is 4.83. The summed E-state index contributed by atoms with van der Waals surface area (Å²) in [5.74, 6) is -2.86. The monoisotopic (exact) mass is 370 g/mol. The second kappa shape index (κ2) is 6.97. The van der Waals surface area contributed by atoms with Crippen LogP contribution in [0.25, 0.3) is 11.3 Å². The first kappa shape index (κ1) is 17.2. The summed E-state index contributed by atoms with van der Waals surface area (Å²) in [6, 6.07) is 1.92. The van der Waals surface area contributed by atoms with Crippen LogP contribution in [0.15, 0.2) is 12.1 Å². The number of benzene rings is 1. The number of nitrogens with one attached hydrogen (secondary N) is 1. The standard InChI is InChI=1S/C12H7Cl2F3N2O4/c13-5-2-6(15)4(1-7(5)22-3-8(20)21)10-9(14)11(19-18-10)23-12(16)17/h1-2,12H,3H2,(H,18,19)(H,20,21). The minimum absolute atomic E-state index is 0.132.